The average Bonchev–Trinajstić information content (AvgIpc) is 3.02. The number of nitrogens with one attached hydrogen (secondary N) is 1. The number of carbonyl (C=O) groups is 1. The van der Waals surface area contributed by atoms with E-state index in [2.05, 4.69) is 10.2 Å². The van der Waals surface area contributed by atoms with Crippen LogP contribution in [0.5, 0.6) is 5.75 Å². The van der Waals surface area contributed by atoms with Gasteiger partial charge in [-0.05, 0) is 32.0 Å². The molecule has 1 aromatic carbocycles. The van der Waals surface area contributed by atoms with Crippen molar-refractivity contribution in [2.75, 3.05) is 51.3 Å². The number of hydrogen-bond donors (Lipinski definition) is 1. The van der Waals surface area contributed by atoms with Crippen LogP contribution in [0.4, 0.5) is 10.1 Å². The number of carbonyl (C=O) groups excluding carboxylic acids is 1. The fraction of sp³-hybridized carbons (Fsp3) is 0.588. The van der Waals surface area contributed by atoms with Crippen molar-refractivity contribution in [1.29, 1.82) is 0 Å². The zero-order chi connectivity index (χ0) is 16.4. The van der Waals surface area contributed by atoms with Gasteiger partial charge in [0.1, 0.15) is 0 Å². The van der Waals surface area contributed by atoms with E-state index in [1.165, 1.54) is 13.2 Å². The molecular weight excluding hydrogens is 297 g/mol. The molecular formula is C17H24FN3O2. The zero-order valence-electron chi connectivity index (χ0n) is 13.8. The lowest BCUT2D eigenvalue weighted by molar-refractivity contribution is -0.140. The van der Waals surface area contributed by atoms with Crippen molar-refractivity contribution in [3.63, 3.8) is 0 Å². The van der Waals surface area contributed by atoms with Crippen molar-refractivity contribution in [3.8, 4) is 5.75 Å². The predicted molar refractivity (Wildman–Crippen MR) is 87.3 cm³/mol. The van der Waals surface area contributed by atoms with Gasteiger partial charge in [0.05, 0.1) is 12.5 Å². The summed E-state index contributed by atoms with van der Waals surface area (Å²) in [5, 5.41) is 3.27. The third-order valence-corrected chi connectivity index (χ3v) is 4.95. The molecule has 0 saturated carbocycles. The van der Waals surface area contributed by atoms with Gasteiger partial charge in [-0.2, -0.15) is 0 Å². The summed E-state index contributed by atoms with van der Waals surface area (Å²) in [5.41, 5.74) is 0.568. The van der Waals surface area contributed by atoms with Crippen LogP contribution in [0.3, 0.4) is 0 Å². The molecule has 2 saturated heterocycles. The van der Waals surface area contributed by atoms with Crippen LogP contribution in [0.2, 0.25) is 0 Å². The number of amides is 1. The van der Waals surface area contributed by atoms with E-state index >= 15 is 0 Å². The first-order valence-electron chi connectivity index (χ1n) is 8.12. The largest absolute Gasteiger partial charge is 0.494 e. The maximum absolute atomic E-state index is 13.8. The van der Waals surface area contributed by atoms with E-state index in [0.29, 0.717) is 13.1 Å². The van der Waals surface area contributed by atoms with Crippen molar-refractivity contribution in [1.82, 2.24) is 10.2 Å². The minimum absolute atomic E-state index is 0.239. The lowest BCUT2D eigenvalue weighted by atomic mass is 9.88. The minimum atomic E-state index is -0.354. The number of ether oxygens (including phenoxy) is 1. The second kappa shape index (κ2) is 6.35. The summed E-state index contributed by atoms with van der Waals surface area (Å²) in [5.74, 6) is 0.139. The molecule has 1 amide bonds. The van der Waals surface area contributed by atoms with E-state index in [0.717, 1.165) is 38.3 Å². The van der Waals surface area contributed by atoms with Crippen LogP contribution in [0, 0.1) is 11.2 Å². The monoisotopic (exact) mass is 321 g/mol. The molecule has 0 unspecified atom stereocenters. The van der Waals surface area contributed by atoms with Gasteiger partial charge < -0.3 is 19.9 Å². The molecule has 6 heteroatoms. The van der Waals surface area contributed by atoms with Crippen molar-refractivity contribution in [2.24, 2.45) is 5.41 Å². The standard InChI is InChI=1S/C17H24FN3O2/c1-17(5-6-19-12-17)16(22)21-9-7-20(8-10-21)13-3-4-15(23-2)14(18)11-13/h3-4,11,19H,5-10,12H2,1-2H3/t17-/m0/s1. The number of methoxy groups -OCH3 is 1. The zero-order valence-corrected chi connectivity index (χ0v) is 13.8. The SMILES string of the molecule is COc1ccc(N2CCN(C(=O)[C@@]3(C)CCNC3)CC2)cc1F. The van der Waals surface area contributed by atoms with Gasteiger partial charge in [-0.3, -0.25) is 4.79 Å². The Morgan fingerprint density at radius 3 is 2.61 bits per heavy atom. The van der Waals surface area contributed by atoms with E-state index in [9.17, 15) is 9.18 Å². The van der Waals surface area contributed by atoms with Crippen LogP contribution >= 0.6 is 0 Å². The molecule has 0 bridgehead atoms. The molecule has 0 aliphatic carbocycles. The van der Waals surface area contributed by atoms with E-state index in [1.807, 2.05) is 17.9 Å². The first-order chi connectivity index (χ1) is 11.0. The smallest absolute Gasteiger partial charge is 0.229 e. The summed E-state index contributed by atoms with van der Waals surface area (Å²) in [6.45, 7) is 6.52. The van der Waals surface area contributed by atoms with Gasteiger partial charge in [0.25, 0.3) is 0 Å². The first-order valence-corrected chi connectivity index (χ1v) is 8.12. The van der Waals surface area contributed by atoms with Crippen LogP contribution in [0.1, 0.15) is 13.3 Å². The fourth-order valence-electron chi connectivity index (χ4n) is 3.40. The number of hydrogen-bond acceptors (Lipinski definition) is 4. The Bertz CT molecular complexity index is 579. The number of halogens is 1. The molecule has 126 valence electrons. The third-order valence-electron chi connectivity index (χ3n) is 4.95. The maximum atomic E-state index is 13.8. The minimum Gasteiger partial charge on any atom is -0.494 e. The normalized spacial score (nSPS) is 24.8. The van der Waals surface area contributed by atoms with Gasteiger partial charge in [-0.25, -0.2) is 4.39 Å². The summed E-state index contributed by atoms with van der Waals surface area (Å²) < 4.78 is 18.8. The quantitative estimate of drug-likeness (QED) is 0.916. The second-order valence-corrected chi connectivity index (χ2v) is 6.59. The number of anilines is 1. The van der Waals surface area contributed by atoms with Gasteiger partial charge in [-0.15, -0.1) is 0 Å². The Morgan fingerprint density at radius 2 is 2.04 bits per heavy atom. The van der Waals surface area contributed by atoms with Gasteiger partial charge in [-0.1, -0.05) is 0 Å². The molecule has 2 fully saturated rings. The summed E-state index contributed by atoms with van der Waals surface area (Å²) in [4.78, 5) is 16.8. The lowest BCUT2D eigenvalue weighted by Gasteiger charge is -2.39. The number of piperazine rings is 1. The van der Waals surface area contributed by atoms with Crippen LogP contribution in [-0.2, 0) is 4.79 Å². The molecule has 3 rings (SSSR count). The fourth-order valence-corrected chi connectivity index (χ4v) is 3.40. The number of nitrogens with zero attached hydrogens (tertiary/aromatic N) is 2. The van der Waals surface area contributed by atoms with Crippen molar-refractivity contribution in [2.45, 2.75) is 13.3 Å². The third kappa shape index (κ3) is 3.13. The Hall–Kier alpha value is -1.82. The molecule has 0 spiro atoms. The Balaban J connectivity index is 1.62. The number of rotatable bonds is 3. The van der Waals surface area contributed by atoms with Crippen LogP contribution in [0.25, 0.3) is 0 Å². The van der Waals surface area contributed by atoms with Crippen molar-refractivity contribution < 1.29 is 13.9 Å². The summed E-state index contributed by atoms with van der Waals surface area (Å²) in [7, 11) is 1.46. The van der Waals surface area contributed by atoms with Crippen LogP contribution in [-0.4, -0.2) is 57.2 Å². The highest BCUT2D eigenvalue weighted by Crippen LogP contribution is 2.29. The molecule has 0 aromatic heterocycles. The average molecular weight is 321 g/mol. The van der Waals surface area contributed by atoms with Gasteiger partial charge in [0, 0.05) is 44.5 Å². The topological polar surface area (TPSA) is 44.8 Å². The molecule has 2 aliphatic rings. The summed E-state index contributed by atoms with van der Waals surface area (Å²) in [6.07, 6.45) is 0.899. The first kappa shape index (κ1) is 16.1. The molecule has 5 nitrogen and oxygen atoms in total. The molecule has 1 aromatic rings. The number of benzene rings is 1. The predicted octanol–water partition coefficient (Wildman–Crippen LogP) is 1.48. The van der Waals surface area contributed by atoms with E-state index in [4.69, 9.17) is 4.74 Å². The molecule has 1 N–H and O–H groups in total. The lowest BCUT2D eigenvalue weighted by Crippen LogP contribution is -2.53. The van der Waals surface area contributed by atoms with Gasteiger partial charge in [0.2, 0.25) is 5.91 Å². The Morgan fingerprint density at radius 1 is 1.30 bits per heavy atom. The van der Waals surface area contributed by atoms with Crippen molar-refractivity contribution >= 4 is 11.6 Å². The highest BCUT2D eigenvalue weighted by Gasteiger charge is 2.39. The molecule has 2 heterocycles. The summed E-state index contributed by atoms with van der Waals surface area (Å²) in [6, 6.07) is 5.01. The van der Waals surface area contributed by atoms with Crippen molar-refractivity contribution in [3.05, 3.63) is 24.0 Å². The maximum Gasteiger partial charge on any atom is 0.229 e. The molecule has 1 atom stereocenters. The van der Waals surface area contributed by atoms with Crippen LogP contribution in [0.15, 0.2) is 18.2 Å². The van der Waals surface area contributed by atoms with E-state index in [-0.39, 0.29) is 22.9 Å². The van der Waals surface area contributed by atoms with Crippen LogP contribution < -0.4 is 15.0 Å². The van der Waals surface area contributed by atoms with Gasteiger partial charge >= 0.3 is 0 Å². The highest BCUT2D eigenvalue weighted by molar-refractivity contribution is 5.83. The Labute approximate surface area is 136 Å². The second-order valence-electron chi connectivity index (χ2n) is 6.59. The highest BCUT2D eigenvalue weighted by atomic mass is 19.1. The van der Waals surface area contributed by atoms with E-state index < -0.39 is 0 Å². The molecule has 0 radical (unpaired) electrons. The van der Waals surface area contributed by atoms with Gasteiger partial charge in [0.15, 0.2) is 11.6 Å². The molecule has 2 aliphatic heterocycles. The molecule has 23 heavy (non-hydrogen) atoms. The Kier molecular flexibility index (Phi) is 4.43. The van der Waals surface area contributed by atoms with E-state index in [1.54, 1.807) is 6.07 Å². The summed E-state index contributed by atoms with van der Waals surface area (Å²) >= 11 is 0.